The van der Waals surface area contributed by atoms with Gasteiger partial charge in [-0.2, -0.15) is 13.2 Å². The molecule has 4 aromatic rings. The molecule has 0 saturated heterocycles. The van der Waals surface area contributed by atoms with Crippen LogP contribution >= 0.6 is 0 Å². The van der Waals surface area contributed by atoms with E-state index < -0.39 is 47.1 Å². The summed E-state index contributed by atoms with van der Waals surface area (Å²) >= 11 is 0. The van der Waals surface area contributed by atoms with Crippen LogP contribution in [0.15, 0.2) is 73.1 Å². The fourth-order valence-electron chi connectivity index (χ4n) is 5.15. The number of nitrogens with zero attached hydrogens (tertiary/aromatic N) is 2. The molecule has 6 rings (SSSR count). The van der Waals surface area contributed by atoms with E-state index >= 15 is 0 Å². The zero-order chi connectivity index (χ0) is 32.9. The average molecular weight is 637 g/mol. The number of primary amides is 1. The molecule has 46 heavy (non-hydrogen) atoms. The first-order chi connectivity index (χ1) is 21.8. The minimum absolute atomic E-state index is 0.0168. The van der Waals surface area contributed by atoms with Crippen molar-refractivity contribution in [2.45, 2.75) is 43.1 Å². The summed E-state index contributed by atoms with van der Waals surface area (Å²) < 4.78 is 69.6. The van der Waals surface area contributed by atoms with Crippen LogP contribution in [0.25, 0.3) is 22.4 Å². The molecule has 13 heteroatoms. The van der Waals surface area contributed by atoms with Gasteiger partial charge in [0.15, 0.2) is 0 Å². The Morgan fingerprint density at radius 1 is 1.07 bits per heavy atom. The second-order valence-electron chi connectivity index (χ2n) is 11.5. The lowest BCUT2D eigenvalue weighted by molar-refractivity contribution is -0.265. The van der Waals surface area contributed by atoms with Crippen molar-refractivity contribution in [1.29, 1.82) is 0 Å². The van der Waals surface area contributed by atoms with Gasteiger partial charge in [0.05, 0.1) is 18.3 Å². The second-order valence-corrected chi connectivity index (χ2v) is 11.5. The zero-order valence-corrected chi connectivity index (χ0v) is 24.4. The number of rotatable bonds is 9. The van der Waals surface area contributed by atoms with Crippen LogP contribution in [0.1, 0.15) is 41.4 Å². The van der Waals surface area contributed by atoms with Crippen molar-refractivity contribution < 1.29 is 41.7 Å². The predicted octanol–water partition coefficient (Wildman–Crippen LogP) is 4.81. The van der Waals surface area contributed by atoms with Gasteiger partial charge in [-0.15, -0.1) is 0 Å². The molecule has 0 spiro atoms. The van der Waals surface area contributed by atoms with Crippen molar-refractivity contribution >= 4 is 11.8 Å². The molecule has 1 saturated carbocycles. The quantitative estimate of drug-likeness (QED) is 0.225. The Labute approximate surface area is 260 Å². The van der Waals surface area contributed by atoms with E-state index in [2.05, 4.69) is 15.3 Å². The molecule has 1 unspecified atom stereocenters. The van der Waals surface area contributed by atoms with Gasteiger partial charge in [-0.25, -0.2) is 9.37 Å². The highest BCUT2D eigenvalue weighted by Crippen LogP contribution is 2.47. The molecule has 238 valence electrons. The van der Waals surface area contributed by atoms with Crippen molar-refractivity contribution in [3.8, 4) is 33.9 Å². The van der Waals surface area contributed by atoms with E-state index in [1.165, 1.54) is 31.2 Å². The zero-order valence-electron chi connectivity index (χ0n) is 24.4. The van der Waals surface area contributed by atoms with Crippen LogP contribution in [0.4, 0.5) is 17.6 Å². The highest BCUT2D eigenvalue weighted by atomic mass is 19.4. The van der Waals surface area contributed by atoms with E-state index in [1.807, 2.05) is 0 Å². The summed E-state index contributed by atoms with van der Waals surface area (Å²) in [5.41, 5.74) is 0.617. The number of hydrogen-bond donors (Lipinski definition) is 3. The Kier molecular flexibility index (Phi) is 7.67. The number of nitrogens with one attached hydrogen (secondary N) is 1. The number of nitrogens with two attached hydrogens (primary N) is 1. The third-order valence-electron chi connectivity index (χ3n) is 8.18. The van der Waals surface area contributed by atoms with Gasteiger partial charge in [0, 0.05) is 34.6 Å². The number of carbonyl (C=O) groups is 2. The maximum Gasteiger partial charge on any atom is 0.424 e. The molecule has 2 aliphatic rings. The molecule has 2 aromatic carbocycles. The standard InChI is InChI=1S/C33H28F4N4O5/c1-31(30(38)43)17-45-28-24(31)15-26(41-27(28)19-2-5-21(34)6-3-19)32(44,33(35,36)37)16-40-29(42)20-4-9-25(46-22-7-8-22)23(14-20)18-10-12-39-13-11-18/h2-6,9-15,22,44H,7-8,16-17H2,1H3,(H2,38,43)(H,40,42)/t31-,32?/m0/s1. The van der Waals surface area contributed by atoms with Gasteiger partial charge in [0.1, 0.15) is 35.0 Å². The molecule has 9 nitrogen and oxygen atoms in total. The van der Waals surface area contributed by atoms with Crippen LogP contribution in [0.5, 0.6) is 11.5 Å². The Bertz CT molecular complexity index is 1820. The van der Waals surface area contributed by atoms with Crippen molar-refractivity contribution in [2.24, 2.45) is 5.73 Å². The summed E-state index contributed by atoms with van der Waals surface area (Å²) in [6.45, 7) is -0.230. The lowest BCUT2D eigenvalue weighted by atomic mass is 9.81. The van der Waals surface area contributed by atoms with Crippen LogP contribution in [0.3, 0.4) is 0 Å². The number of pyridine rings is 2. The SMILES string of the molecule is C[C@]1(C(N)=O)COc2c1cc(C(O)(CNC(=O)c1ccc(OC3CC3)c(-c3ccncc3)c1)C(F)(F)F)nc2-c1ccc(F)cc1. The van der Waals surface area contributed by atoms with Gasteiger partial charge < -0.3 is 25.6 Å². The fraction of sp³-hybridized carbons (Fsp3) is 0.273. The first-order valence-electron chi connectivity index (χ1n) is 14.3. The third-order valence-corrected chi connectivity index (χ3v) is 8.18. The van der Waals surface area contributed by atoms with Crippen molar-refractivity contribution in [2.75, 3.05) is 13.2 Å². The summed E-state index contributed by atoms with van der Waals surface area (Å²) in [6, 6.07) is 13.5. The Balaban J connectivity index is 1.38. The topological polar surface area (TPSA) is 137 Å². The van der Waals surface area contributed by atoms with Crippen LogP contribution in [0.2, 0.25) is 0 Å². The maximum absolute atomic E-state index is 14.8. The molecular formula is C33H28F4N4O5. The van der Waals surface area contributed by atoms with E-state index in [-0.39, 0.29) is 40.8 Å². The second kappa shape index (κ2) is 11.4. The smallest absolute Gasteiger partial charge is 0.424 e. The molecule has 4 N–H and O–H groups in total. The Hall–Kier alpha value is -5.04. The van der Waals surface area contributed by atoms with E-state index in [1.54, 1.807) is 30.6 Å². The number of alkyl halides is 3. The van der Waals surface area contributed by atoms with Gasteiger partial charge in [0.25, 0.3) is 5.91 Å². The lowest BCUT2D eigenvalue weighted by Crippen LogP contribution is -2.51. The van der Waals surface area contributed by atoms with Crippen LogP contribution in [0, 0.1) is 5.82 Å². The van der Waals surface area contributed by atoms with Gasteiger partial charge in [-0.3, -0.25) is 14.6 Å². The summed E-state index contributed by atoms with van der Waals surface area (Å²) in [4.78, 5) is 33.9. The van der Waals surface area contributed by atoms with E-state index in [9.17, 15) is 32.3 Å². The molecule has 0 radical (unpaired) electrons. The molecule has 2 aromatic heterocycles. The van der Waals surface area contributed by atoms with Crippen LogP contribution < -0.4 is 20.5 Å². The van der Waals surface area contributed by atoms with Gasteiger partial charge >= 0.3 is 6.18 Å². The monoisotopic (exact) mass is 636 g/mol. The van der Waals surface area contributed by atoms with Gasteiger partial charge in [-0.1, -0.05) is 0 Å². The first-order valence-corrected chi connectivity index (χ1v) is 14.3. The molecule has 0 bridgehead atoms. The van der Waals surface area contributed by atoms with Crippen molar-refractivity contribution in [1.82, 2.24) is 15.3 Å². The van der Waals surface area contributed by atoms with Crippen molar-refractivity contribution in [3.63, 3.8) is 0 Å². The molecule has 2 amide bonds. The Morgan fingerprint density at radius 2 is 1.76 bits per heavy atom. The summed E-state index contributed by atoms with van der Waals surface area (Å²) in [7, 11) is 0. The van der Waals surface area contributed by atoms with Gasteiger partial charge in [0.2, 0.25) is 11.5 Å². The van der Waals surface area contributed by atoms with E-state index in [0.29, 0.717) is 16.9 Å². The third kappa shape index (κ3) is 5.62. The number of ether oxygens (including phenoxy) is 2. The lowest BCUT2D eigenvalue weighted by Gasteiger charge is -2.31. The number of amides is 2. The highest BCUT2D eigenvalue weighted by molar-refractivity contribution is 5.96. The van der Waals surface area contributed by atoms with Crippen LogP contribution in [-0.4, -0.2) is 52.3 Å². The fourth-order valence-corrected chi connectivity index (χ4v) is 5.15. The molecule has 1 aliphatic carbocycles. The number of aromatic nitrogens is 2. The minimum Gasteiger partial charge on any atom is -0.490 e. The average Bonchev–Trinajstić information content (AvgIpc) is 3.79. The van der Waals surface area contributed by atoms with Crippen LogP contribution in [-0.2, 0) is 15.8 Å². The summed E-state index contributed by atoms with van der Waals surface area (Å²) in [6.07, 6.45) is -0.413. The molecular weight excluding hydrogens is 608 g/mol. The molecule has 1 fully saturated rings. The number of hydrogen-bond acceptors (Lipinski definition) is 7. The minimum atomic E-state index is -5.35. The first kappa shape index (κ1) is 31.0. The number of fused-ring (bicyclic) bond motifs is 1. The summed E-state index contributed by atoms with van der Waals surface area (Å²) in [5.74, 6) is -1.90. The van der Waals surface area contributed by atoms with Crippen molar-refractivity contribution in [3.05, 3.63) is 95.7 Å². The normalized spacial score (nSPS) is 18.7. The predicted molar refractivity (Wildman–Crippen MR) is 157 cm³/mol. The molecule has 3 heterocycles. The van der Waals surface area contributed by atoms with E-state index in [4.69, 9.17) is 15.2 Å². The number of aliphatic hydroxyl groups is 1. The summed E-state index contributed by atoms with van der Waals surface area (Å²) in [5, 5.41) is 13.5. The van der Waals surface area contributed by atoms with E-state index in [0.717, 1.165) is 31.0 Å². The molecule has 2 atom stereocenters. The number of carbonyl (C=O) groups excluding carboxylic acids is 2. The molecule has 1 aliphatic heterocycles. The maximum atomic E-state index is 14.8. The number of benzene rings is 2. The van der Waals surface area contributed by atoms with Gasteiger partial charge in [-0.05, 0) is 86.0 Å². The Morgan fingerprint density at radius 3 is 2.39 bits per heavy atom. The number of halogens is 4. The highest BCUT2D eigenvalue weighted by Gasteiger charge is 2.57. The largest absolute Gasteiger partial charge is 0.490 e.